The van der Waals surface area contributed by atoms with Gasteiger partial charge in [0.25, 0.3) is 5.56 Å². The number of hydrogen-bond donors (Lipinski definition) is 0. The van der Waals surface area contributed by atoms with Crippen molar-refractivity contribution in [1.82, 2.24) is 4.57 Å². The van der Waals surface area contributed by atoms with Crippen LogP contribution in [0.25, 0.3) is 10.9 Å². The Morgan fingerprint density at radius 3 is 2.67 bits per heavy atom. The zero-order valence-corrected chi connectivity index (χ0v) is 11.7. The van der Waals surface area contributed by atoms with E-state index in [0.717, 1.165) is 22.0 Å². The van der Waals surface area contributed by atoms with Gasteiger partial charge in [0.2, 0.25) is 0 Å². The molecular weight excluding hydrogens is 260 g/mol. The van der Waals surface area contributed by atoms with Crippen molar-refractivity contribution >= 4 is 10.9 Å². The number of hydrogen-bond acceptors (Lipinski definition) is 2. The normalized spacial score (nSPS) is 10.5. The van der Waals surface area contributed by atoms with Crippen LogP contribution in [0.3, 0.4) is 0 Å². The summed E-state index contributed by atoms with van der Waals surface area (Å²) in [4.78, 5) is 12.2. The summed E-state index contributed by atoms with van der Waals surface area (Å²) in [6.45, 7) is 2.48. The van der Waals surface area contributed by atoms with Crippen LogP contribution in [0.4, 0.5) is 0 Å². The van der Waals surface area contributed by atoms with Crippen molar-refractivity contribution in [2.75, 3.05) is 0 Å². The van der Waals surface area contributed by atoms with Gasteiger partial charge in [-0.15, -0.1) is 0 Å². The number of rotatable bonds is 2. The van der Waals surface area contributed by atoms with Gasteiger partial charge in [-0.1, -0.05) is 24.3 Å². The van der Waals surface area contributed by atoms with E-state index >= 15 is 0 Å². The molecule has 3 nitrogen and oxygen atoms in total. The highest BCUT2D eigenvalue weighted by Crippen LogP contribution is 2.16. The lowest BCUT2D eigenvalue weighted by atomic mass is 10.1. The molecule has 3 rings (SSSR count). The van der Waals surface area contributed by atoms with Crippen molar-refractivity contribution in [2.24, 2.45) is 0 Å². The molecule has 0 fully saturated rings. The van der Waals surface area contributed by atoms with Crippen LogP contribution in [0.15, 0.2) is 59.4 Å². The maximum absolute atomic E-state index is 12.2. The van der Waals surface area contributed by atoms with E-state index in [1.807, 2.05) is 49.4 Å². The van der Waals surface area contributed by atoms with Crippen LogP contribution in [-0.2, 0) is 6.54 Å². The zero-order chi connectivity index (χ0) is 14.8. The first-order valence-corrected chi connectivity index (χ1v) is 6.77. The Bertz CT molecular complexity index is 916. The maximum atomic E-state index is 12.2. The molecule has 0 N–H and O–H groups in total. The van der Waals surface area contributed by atoms with Crippen molar-refractivity contribution in [3.63, 3.8) is 0 Å². The molecular formula is C18H14N2O. The number of benzene rings is 2. The molecule has 0 radical (unpaired) electrons. The van der Waals surface area contributed by atoms with Crippen molar-refractivity contribution in [3.05, 3.63) is 81.6 Å². The lowest BCUT2D eigenvalue weighted by Crippen LogP contribution is -2.20. The molecule has 102 valence electrons. The largest absolute Gasteiger partial charge is 0.304 e. The van der Waals surface area contributed by atoms with Gasteiger partial charge in [-0.2, -0.15) is 5.26 Å². The number of nitriles is 1. The molecule has 21 heavy (non-hydrogen) atoms. The first-order valence-electron chi connectivity index (χ1n) is 6.77. The van der Waals surface area contributed by atoms with Gasteiger partial charge in [0.15, 0.2) is 0 Å². The summed E-state index contributed by atoms with van der Waals surface area (Å²) >= 11 is 0. The Morgan fingerprint density at radius 1 is 1.10 bits per heavy atom. The van der Waals surface area contributed by atoms with E-state index in [9.17, 15) is 4.79 Å². The molecule has 1 aromatic heterocycles. The monoisotopic (exact) mass is 274 g/mol. The van der Waals surface area contributed by atoms with Gasteiger partial charge < -0.3 is 4.57 Å². The van der Waals surface area contributed by atoms with E-state index in [1.54, 1.807) is 16.7 Å². The smallest absolute Gasteiger partial charge is 0.251 e. The fraction of sp³-hybridized carbons (Fsp3) is 0.111. The number of fused-ring (bicyclic) bond motifs is 1. The van der Waals surface area contributed by atoms with Gasteiger partial charge >= 0.3 is 0 Å². The molecule has 2 aromatic carbocycles. The van der Waals surface area contributed by atoms with E-state index in [1.165, 1.54) is 0 Å². The van der Waals surface area contributed by atoms with E-state index in [-0.39, 0.29) is 5.56 Å². The Hall–Kier alpha value is -2.86. The van der Waals surface area contributed by atoms with Gasteiger partial charge in [-0.25, -0.2) is 0 Å². The minimum Gasteiger partial charge on any atom is -0.304 e. The molecule has 0 bridgehead atoms. The van der Waals surface area contributed by atoms with Crippen molar-refractivity contribution < 1.29 is 0 Å². The van der Waals surface area contributed by atoms with Gasteiger partial charge in [-0.3, -0.25) is 4.79 Å². The molecule has 0 aliphatic carbocycles. The predicted molar refractivity (Wildman–Crippen MR) is 83.2 cm³/mol. The highest BCUT2D eigenvalue weighted by atomic mass is 16.1. The average molecular weight is 274 g/mol. The second kappa shape index (κ2) is 5.26. The molecule has 1 heterocycles. The second-order valence-corrected chi connectivity index (χ2v) is 5.07. The van der Waals surface area contributed by atoms with Crippen molar-refractivity contribution in [1.29, 1.82) is 5.26 Å². The van der Waals surface area contributed by atoms with Crippen LogP contribution in [0.1, 0.15) is 16.7 Å². The highest BCUT2D eigenvalue weighted by molar-refractivity contribution is 5.78. The molecule has 0 spiro atoms. The second-order valence-electron chi connectivity index (χ2n) is 5.07. The van der Waals surface area contributed by atoms with Gasteiger partial charge in [-0.05, 0) is 47.7 Å². The summed E-state index contributed by atoms with van der Waals surface area (Å²) in [5, 5.41) is 9.97. The fourth-order valence-electron chi connectivity index (χ4n) is 2.52. The lowest BCUT2D eigenvalue weighted by Gasteiger charge is -2.12. The number of aryl methyl sites for hydroxylation is 1. The minimum atomic E-state index is -0.0162. The third-order valence-corrected chi connectivity index (χ3v) is 3.70. The Kier molecular flexibility index (Phi) is 3.29. The molecule has 3 aromatic rings. The number of aromatic nitrogens is 1. The summed E-state index contributed by atoms with van der Waals surface area (Å²) in [5.74, 6) is 0. The number of pyridine rings is 1. The first kappa shape index (κ1) is 13.1. The first-order chi connectivity index (χ1) is 10.2. The maximum Gasteiger partial charge on any atom is 0.251 e. The fourth-order valence-corrected chi connectivity index (χ4v) is 2.52. The van der Waals surface area contributed by atoms with Crippen LogP contribution in [0, 0.1) is 18.3 Å². The third-order valence-electron chi connectivity index (χ3n) is 3.70. The lowest BCUT2D eigenvalue weighted by molar-refractivity contribution is 0.789. The number of nitrogens with zero attached hydrogens (tertiary/aromatic N) is 2. The molecule has 0 atom stereocenters. The topological polar surface area (TPSA) is 45.8 Å². The molecule has 0 saturated carbocycles. The SMILES string of the molecule is Cc1cc(C#N)ccc1Cn1c(=O)ccc2ccccc21. The van der Waals surface area contributed by atoms with Crippen LogP contribution in [0.5, 0.6) is 0 Å². The van der Waals surface area contributed by atoms with Gasteiger partial charge in [0, 0.05) is 6.07 Å². The Balaban J connectivity index is 2.12. The van der Waals surface area contributed by atoms with Crippen LogP contribution in [0.2, 0.25) is 0 Å². The van der Waals surface area contributed by atoms with Crippen LogP contribution < -0.4 is 5.56 Å². The summed E-state index contributed by atoms with van der Waals surface area (Å²) < 4.78 is 1.77. The Morgan fingerprint density at radius 2 is 1.90 bits per heavy atom. The standard InChI is InChI=1S/C18H14N2O/c1-13-10-14(11-19)6-7-16(13)12-20-17-5-3-2-4-15(17)8-9-18(20)21/h2-10H,12H2,1H3. The molecule has 0 saturated heterocycles. The zero-order valence-electron chi connectivity index (χ0n) is 11.7. The Labute approximate surface area is 122 Å². The van der Waals surface area contributed by atoms with Crippen molar-refractivity contribution in [2.45, 2.75) is 13.5 Å². The molecule has 0 unspecified atom stereocenters. The summed E-state index contributed by atoms with van der Waals surface area (Å²) in [5.41, 5.74) is 3.62. The average Bonchev–Trinajstić information content (AvgIpc) is 2.51. The predicted octanol–water partition coefficient (Wildman–Crippen LogP) is 3.23. The van der Waals surface area contributed by atoms with Crippen molar-refractivity contribution in [3.8, 4) is 6.07 Å². The van der Waals surface area contributed by atoms with E-state index in [4.69, 9.17) is 5.26 Å². The molecule has 0 aliphatic heterocycles. The van der Waals surface area contributed by atoms with Crippen LogP contribution in [-0.4, -0.2) is 4.57 Å². The summed E-state index contributed by atoms with van der Waals surface area (Å²) in [7, 11) is 0. The molecule has 0 aliphatic rings. The minimum absolute atomic E-state index is 0.0162. The number of para-hydroxylation sites is 1. The third kappa shape index (κ3) is 2.44. The molecule has 3 heteroatoms. The summed E-state index contributed by atoms with van der Waals surface area (Å²) in [6.07, 6.45) is 0. The summed E-state index contributed by atoms with van der Waals surface area (Å²) in [6, 6.07) is 19.0. The molecule has 0 amide bonds. The van der Waals surface area contributed by atoms with Crippen LogP contribution >= 0.6 is 0 Å². The van der Waals surface area contributed by atoms with E-state index in [0.29, 0.717) is 12.1 Å². The quantitative estimate of drug-likeness (QED) is 0.720. The van der Waals surface area contributed by atoms with Gasteiger partial charge in [0.1, 0.15) is 0 Å². The van der Waals surface area contributed by atoms with E-state index < -0.39 is 0 Å². The van der Waals surface area contributed by atoms with Gasteiger partial charge in [0.05, 0.1) is 23.7 Å². The van der Waals surface area contributed by atoms with E-state index in [2.05, 4.69) is 6.07 Å². The highest BCUT2D eigenvalue weighted by Gasteiger charge is 2.06.